The summed E-state index contributed by atoms with van der Waals surface area (Å²) < 4.78 is 5.00. The molecule has 4 aliphatic rings. The van der Waals surface area contributed by atoms with Crippen molar-refractivity contribution in [2.75, 3.05) is 19.0 Å². The Morgan fingerprint density at radius 1 is 0.927 bits per heavy atom. The van der Waals surface area contributed by atoms with Gasteiger partial charge in [0.1, 0.15) is 6.04 Å². The summed E-state index contributed by atoms with van der Waals surface area (Å²) in [6.07, 6.45) is 11.2. The molecule has 0 aromatic heterocycles. The van der Waals surface area contributed by atoms with Crippen LogP contribution in [0.1, 0.15) is 93.0 Å². The molecule has 2 amide bonds. The maximum atomic E-state index is 14.2. The second-order valence-electron chi connectivity index (χ2n) is 16.8. The Kier molecular flexibility index (Phi) is 12.5. The van der Waals surface area contributed by atoms with Gasteiger partial charge >= 0.3 is 5.97 Å². The number of hydrogen-bond acceptors (Lipinski definition) is 7. The third-order valence-electron chi connectivity index (χ3n) is 13.1. The van der Waals surface area contributed by atoms with E-state index in [1.54, 1.807) is 12.1 Å². The Hall–Kier alpha value is -3.92. The number of carbonyl (C=O) groups excluding carboxylic acids is 3. The third-order valence-corrected chi connectivity index (χ3v) is 13.4. The van der Waals surface area contributed by atoms with E-state index in [9.17, 15) is 19.5 Å². The van der Waals surface area contributed by atoms with E-state index in [4.69, 9.17) is 16.3 Å². The number of benzene rings is 3. The number of rotatable bonds is 13. The predicted octanol–water partition coefficient (Wildman–Crippen LogP) is 6.70. The topological polar surface area (TPSA) is 129 Å². The van der Waals surface area contributed by atoms with E-state index in [0.29, 0.717) is 35.6 Å². The van der Waals surface area contributed by atoms with Crippen LogP contribution >= 0.6 is 11.6 Å². The molecule has 55 heavy (non-hydrogen) atoms. The molecule has 9 nitrogen and oxygen atoms in total. The molecule has 294 valence electrons. The predicted molar refractivity (Wildman–Crippen MR) is 216 cm³/mol. The van der Waals surface area contributed by atoms with Gasteiger partial charge in [-0.15, -0.1) is 0 Å². The van der Waals surface area contributed by atoms with Crippen molar-refractivity contribution in [3.8, 4) is 0 Å². The molecule has 2 aliphatic heterocycles. The van der Waals surface area contributed by atoms with Crippen LogP contribution in [0.2, 0.25) is 5.02 Å². The molecule has 2 heterocycles. The Bertz CT molecular complexity index is 1800. The van der Waals surface area contributed by atoms with Crippen molar-refractivity contribution >= 4 is 35.1 Å². The zero-order valence-corrected chi connectivity index (χ0v) is 33.0. The molecule has 5 N–H and O–H groups in total. The van der Waals surface area contributed by atoms with Crippen molar-refractivity contribution < 1.29 is 24.2 Å². The number of aliphatic hydroxyl groups is 1. The highest BCUT2D eigenvalue weighted by molar-refractivity contribution is 6.30. The number of nitrogens with one attached hydrogen (secondary N) is 4. The monoisotopic (exact) mass is 768 g/mol. The molecular weight excluding hydrogens is 712 g/mol. The summed E-state index contributed by atoms with van der Waals surface area (Å²) in [7, 11) is 1.37. The normalized spacial score (nSPS) is 27.2. The van der Waals surface area contributed by atoms with Gasteiger partial charge in [0, 0.05) is 23.2 Å². The number of carbonyl (C=O) groups is 3. The van der Waals surface area contributed by atoms with E-state index >= 15 is 0 Å². The van der Waals surface area contributed by atoms with Crippen LogP contribution in [0, 0.1) is 23.2 Å². The number of anilines is 1. The first-order chi connectivity index (χ1) is 26.6. The van der Waals surface area contributed by atoms with Gasteiger partial charge in [-0.05, 0) is 103 Å². The summed E-state index contributed by atoms with van der Waals surface area (Å²) in [5, 5.41) is 24.5. The molecular formula is C45H57ClN4O5. The lowest BCUT2D eigenvalue weighted by atomic mass is 9.54. The van der Waals surface area contributed by atoms with E-state index in [0.717, 1.165) is 48.1 Å². The van der Waals surface area contributed by atoms with E-state index in [-0.39, 0.29) is 54.4 Å². The number of halogens is 1. The standard InChI is InChI=1S/C45H57ClN4O5/c1-28-20-30(21-32-12-9-13-33-23-38(48-41(32)33)43(53)47-36(27-51)22-29-10-5-3-6-11-29)25-45(34-14-7-4-8-15-34)26-39(49-42(28)45)44(54)50-37(24-40(52)55-2)31-16-18-35(46)19-17-31/h3,5-6,9-13,16-19,28,30,34,36-39,42,48-49,51H,4,7-8,14-15,20-27H2,1-2H3,(H,47,53)(H,50,54)/t28?,30?,36-,37?,38?,39?,42?,45?/m0/s1. The second kappa shape index (κ2) is 17.5. The number of aliphatic hydroxyl groups excluding tert-OH is 1. The van der Waals surface area contributed by atoms with Crippen LogP contribution in [0.4, 0.5) is 5.69 Å². The van der Waals surface area contributed by atoms with Gasteiger partial charge in [-0.1, -0.05) is 98.5 Å². The fraction of sp³-hybridized carbons (Fsp3) is 0.533. The third kappa shape index (κ3) is 8.90. The van der Waals surface area contributed by atoms with Crippen LogP contribution in [0.3, 0.4) is 0 Å². The Balaban J connectivity index is 1.06. The van der Waals surface area contributed by atoms with Gasteiger partial charge < -0.3 is 31.1 Å². The van der Waals surface area contributed by atoms with Crippen LogP contribution in [0.25, 0.3) is 0 Å². The minimum Gasteiger partial charge on any atom is -0.469 e. The van der Waals surface area contributed by atoms with Gasteiger partial charge in [-0.2, -0.15) is 0 Å². The Labute approximate surface area is 330 Å². The summed E-state index contributed by atoms with van der Waals surface area (Å²) in [5.41, 5.74) is 5.37. The molecule has 3 fully saturated rings. The number of hydrogen-bond donors (Lipinski definition) is 5. The highest BCUT2D eigenvalue weighted by atomic mass is 35.5. The van der Waals surface area contributed by atoms with Gasteiger partial charge in [0.25, 0.3) is 0 Å². The van der Waals surface area contributed by atoms with E-state index in [2.05, 4.69) is 46.4 Å². The first-order valence-corrected chi connectivity index (χ1v) is 20.7. The molecule has 2 saturated carbocycles. The van der Waals surface area contributed by atoms with E-state index < -0.39 is 12.1 Å². The molecule has 1 saturated heterocycles. The second-order valence-corrected chi connectivity index (χ2v) is 17.2. The van der Waals surface area contributed by atoms with Crippen LogP contribution in [-0.4, -0.2) is 60.8 Å². The van der Waals surface area contributed by atoms with Gasteiger partial charge in [0.2, 0.25) is 11.8 Å². The zero-order valence-electron chi connectivity index (χ0n) is 32.2. The van der Waals surface area contributed by atoms with Crippen LogP contribution in [-0.2, 0) is 38.4 Å². The molecule has 7 rings (SSSR count). The maximum absolute atomic E-state index is 14.2. The van der Waals surface area contributed by atoms with Crippen molar-refractivity contribution in [2.45, 2.75) is 114 Å². The van der Waals surface area contributed by atoms with Crippen molar-refractivity contribution in [1.29, 1.82) is 0 Å². The highest BCUT2D eigenvalue weighted by Crippen LogP contribution is 2.57. The fourth-order valence-electron chi connectivity index (χ4n) is 10.7. The number of para-hydroxylation sites is 1. The molecule has 0 spiro atoms. The molecule has 7 unspecified atom stereocenters. The maximum Gasteiger partial charge on any atom is 0.307 e. The largest absolute Gasteiger partial charge is 0.469 e. The summed E-state index contributed by atoms with van der Waals surface area (Å²) in [6.45, 7) is 2.24. The lowest BCUT2D eigenvalue weighted by molar-refractivity contribution is -0.141. The summed E-state index contributed by atoms with van der Waals surface area (Å²) in [4.78, 5) is 40.2. The molecule has 3 aromatic rings. The highest BCUT2D eigenvalue weighted by Gasteiger charge is 2.57. The lowest BCUT2D eigenvalue weighted by Gasteiger charge is -2.52. The molecule has 0 radical (unpaired) electrons. The Morgan fingerprint density at radius 3 is 2.40 bits per heavy atom. The van der Waals surface area contributed by atoms with Crippen molar-refractivity contribution in [3.63, 3.8) is 0 Å². The van der Waals surface area contributed by atoms with Gasteiger partial charge in [0.15, 0.2) is 0 Å². The number of amides is 2. The summed E-state index contributed by atoms with van der Waals surface area (Å²) >= 11 is 6.17. The molecule has 10 heteroatoms. The number of ether oxygens (including phenoxy) is 1. The fourth-order valence-corrected chi connectivity index (χ4v) is 10.8. The van der Waals surface area contributed by atoms with Crippen LogP contribution in [0.15, 0.2) is 72.8 Å². The SMILES string of the molecule is COC(=O)CC(NC(=O)C1CC2(C3CCCCC3)CC(Cc3cccc4c3NC(C(=O)N[C@H](CO)Cc3ccccc3)C4)CC(C)C2N1)c1ccc(Cl)cc1. The van der Waals surface area contributed by atoms with Gasteiger partial charge in [-0.3, -0.25) is 14.4 Å². The zero-order chi connectivity index (χ0) is 38.5. The van der Waals surface area contributed by atoms with E-state index in [1.165, 1.54) is 44.8 Å². The van der Waals surface area contributed by atoms with Crippen molar-refractivity contribution in [2.24, 2.45) is 23.2 Å². The van der Waals surface area contributed by atoms with Crippen molar-refractivity contribution in [1.82, 2.24) is 16.0 Å². The minimum atomic E-state index is -0.519. The molecule has 0 bridgehead atoms. The lowest BCUT2D eigenvalue weighted by Crippen LogP contribution is -2.52. The molecule has 8 atom stereocenters. The average molecular weight is 769 g/mol. The van der Waals surface area contributed by atoms with E-state index in [1.807, 2.05) is 42.5 Å². The first kappa shape index (κ1) is 39.3. The summed E-state index contributed by atoms with van der Waals surface area (Å²) in [5.74, 6) is 0.821. The van der Waals surface area contributed by atoms with Gasteiger partial charge in [0.05, 0.1) is 38.3 Å². The summed E-state index contributed by atoms with van der Waals surface area (Å²) in [6, 6.07) is 22.3. The van der Waals surface area contributed by atoms with Gasteiger partial charge in [-0.25, -0.2) is 0 Å². The number of methoxy groups -OCH3 is 1. The smallest absolute Gasteiger partial charge is 0.307 e. The number of fused-ring (bicyclic) bond motifs is 2. The van der Waals surface area contributed by atoms with Crippen LogP contribution in [0.5, 0.6) is 0 Å². The van der Waals surface area contributed by atoms with Crippen molar-refractivity contribution in [3.05, 3.63) is 100 Å². The average Bonchev–Trinajstić information content (AvgIpc) is 3.83. The quantitative estimate of drug-likeness (QED) is 0.123. The molecule has 2 aliphatic carbocycles. The van der Waals surface area contributed by atoms with Crippen LogP contribution < -0.4 is 21.3 Å². The minimum absolute atomic E-state index is 0.00522. The first-order valence-electron chi connectivity index (χ1n) is 20.4. The molecule has 3 aromatic carbocycles. The Morgan fingerprint density at radius 2 is 1.67 bits per heavy atom. The number of esters is 1.